The highest BCUT2D eigenvalue weighted by molar-refractivity contribution is 7.13. The molecule has 5 rings (SSSR count). The first-order chi connectivity index (χ1) is 13.8. The largest absolute Gasteiger partial charge is 0.328 e. The first-order valence-electron chi connectivity index (χ1n) is 9.02. The normalized spacial score (nSPS) is 11.0. The average Bonchev–Trinajstić information content (AvgIpc) is 3.29. The fourth-order valence-electron chi connectivity index (χ4n) is 3.45. The Morgan fingerprint density at radius 3 is 2.18 bits per heavy atom. The van der Waals surface area contributed by atoms with Gasteiger partial charge in [-0.15, -0.1) is 11.3 Å². The third kappa shape index (κ3) is 2.84. The summed E-state index contributed by atoms with van der Waals surface area (Å²) in [6.07, 6.45) is 1.76. The highest BCUT2D eigenvalue weighted by Gasteiger charge is 2.16. The third-order valence-corrected chi connectivity index (χ3v) is 5.69. The molecule has 0 bridgehead atoms. The molecule has 2 aromatic carbocycles. The van der Waals surface area contributed by atoms with Crippen LogP contribution in [0.3, 0.4) is 0 Å². The Bertz CT molecular complexity index is 1310. The number of aromatic amines is 1. The van der Waals surface area contributed by atoms with E-state index in [1.807, 2.05) is 72.1 Å². The molecule has 1 N–H and O–H groups in total. The third-order valence-electron chi connectivity index (χ3n) is 4.79. The molecule has 3 heterocycles. The maximum Gasteiger partial charge on any atom is 0.257 e. The predicted octanol–water partition coefficient (Wildman–Crippen LogP) is 5.99. The highest BCUT2D eigenvalue weighted by Crippen LogP contribution is 2.36. The van der Waals surface area contributed by atoms with Crippen LogP contribution in [0.1, 0.15) is 0 Å². The molecule has 28 heavy (non-hydrogen) atoms. The van der Waals surface area contributed by atoms with Crippen molar-refractivity contribution >= 4 is 22.2 Å². The van der Waals surface area contributed by atoms with Gasteiger partial charge in [-0.05, 0) is 23.1 Å². The lowest BCUT2D eigenvalue weighted by Crippen LogP contribution is -2.08. The quantitative estimate of drug-likeness (QED) is 0.418. The molecule has 0 saturated heterocycles. The summed E-state index contributed by atoms with van der Waals surface area (Å²) in [6.45, 7) is 0. The van der Waals surface area contributed by atoms with Crippen molar-refractivity contribution in [1.29, 1.82) is 0 Å². The van der Waals surface area contributed by atoms with Crippen molar-refractivity contribution in [1.82, 2.24) is 9.97 Å². The van der Waals surface area contributed by atoms with Crippen LogP contribution in [0.2, 0.25) is 0 Å². The average molecular weight is 380 g/mol. The van der Waals surface area contributed by atoms with Crippen LogP contribution in [0.4, 0.5) is 0 Å². The topological polar surface area (TPSA) is 45.8 Å². The van der Waals surface area contributed by atoms with Crippen molar-refractivity contribution in [2.45, 2.75) is 0 Å². The van der Waals surface area contributed by atoms with Crippen LogP contribution < -0.4 is 5.56 Å². The van der Waals surface area contributed by atoms with Gasteiger partial charge in [0.25, 0.3) is 5.56 Å². The molecular formula is C24H16N2OS. The molecule has 5 aromatic rings. The Labute approximate surface area is 166 Å². The van der Waals surface area contributed by atoms with Gasteiger partial charge in [-0.25, -0.2) is 4.98 Å². The standard InChI is InChI=1S/C24H16N2OS/c27-24-19-14-18(16-8-3-1-4-9-16)22(17-10-5-2-6-11-17)26-23(19)20(15-25-24)21-12-7-13-28-21/h1-15H,(H,25,27). The Balaban J connectivity index is 1.89. The van der Waals surface area contributed by atoms with Crippen LogP contribution >= 0.6 is 11.3 Å². The smallest absolute Gasteiger partial charge is 0.257 e. The lowest BCUT2D eigenvalue weighted by atomic mass is 9.97. The summed E-state index contributed by atoms with van der Waals surface area (Å²) in [5.74, 6) is 0. The molecule has 0 aliphatic rings. The number of fused-ring (bicyclic) bond motifs is 1. The summed E-state index contributed by atoms with van der Waals surface area (Å²) in [6, 6.07) is 26.2. The Kier molecular flexibility index (Phi) is 4.11. The van der Waals surface area contributed by atoms with Crippen LogP contribution in [0, 0.1) is 0 Å². The summed E-state index contributed by atoms with van der Waals surface area (Å²) in [5, 5.41) is 2.63. The van der Waals surface area contributed by atoms with E-state index in [9.17, 15) is 4.79 Å². The van der Waals surface area contributed by atoms with Crippen molar-refractivity contribution in [3.05, 3.63) is 101 Å². The number of nitrogens with zero attached hydrogens (tertiary/aromatic N) is 1. The van der Waals surface area contributed by atoms with Gasteiger partial charge in [-0.3, -0.25) is 4.79 Å². The second-order valence-electron chi connectivity index (χ2n) is 6.52. The molecule has 0 aliphatic carbocycles. The number of aromatic nitrogens is 2. The number of thiophene rings is 1. The molecule has 4 heteroatoms. The maximum atomic E-state index is 12.6. The molecular weight excluding hydrogens is 364 g/mol. The minimum atomic E-state index is -0.125. The van der Waals surface area contributed by atoms with E-state index in [-0.39, 0.29) is 5.56 Å². The van der Waals surface area contributed by atoms with Gasteiger partial charge in [0.2, 0.25) is 0 Å². The van der Waals surface area contributed by atoms with Crippen LogP contribution in [0.5, 0.6) is 0 Å². The first kappa shape index (κ1) is 16.7. The van der Waals surface area contributed by atoms with Gasteiger partial charge in [0.1, 0.15) is 0 Å². The zero-order valence-corrected chi connectivity index (χ0v) is 15.7. The molecule has 0 spiro atoms. The van der Waals surface area contributed by atoms with Gasteiger partial charge in [0, 0.05) is 27.8 Å². The van der Waals surface area contributed by atoms with Crippen LogP contribution in [-0.4, -0.2) is 9.97 Å². The molecule has 0 radical (unpaired) electrons. The van der Waals surface area contributed by atoms with Crippen LogP contribution in [0.25, 0.3) is 43.7 Å². The van der Waals surface area contributed by atoms with Gasteiger partial charge in [-0.1, -0.05) is 66.7 Å². The lowest BCUT2D eigenvalue weighted by molar-refractivity contribution is 1.26. The molecule has 3 aromatic heterocycles. The Morgan fingerprint density at radius 1 is 0.786 bits per heavy atom. The van der Waals surface area contributed by atoms with E-state index in [0.717, 1.165) is 38.3 Å². The van der Waals surface area contributed by atoms with E-state index in [1.54, 1.807) is 17.5 Å². The Morgan fingerprint density at radius 2 is 1.50 bits per heavy atom. The van der Waals surface area contributed by atoms with E-state index >= 15 is 0 Å². The molecule has 0 fully saturated rings. The van der Waals surface area contributed by atoms with Crippen molar-refractivity contribution in [2.75, 3.05) is 0 Å². The number of H-pyrrole nitrogens is 1. The maximum absolute atomic E-state index is 12.6. The van der Waals surface area contributed by atoms with Gasteiger partial charge in [-0.2, -0.15) is 0 Å². The number of nitrogens with one attached hydrogen (secondary N) is 1. The molecule has 0 saturated carbocycles. The van der Waals surface area contributed by atoms with Crippen molar-refractivity contribution in [2.24, 2.45) is 0 Å². The Hall–Kier alpha value is -3.50. The van der Waals surface area contributed by atoms with Gasteiger partial charge in [0.05, 0.1) is 16.6 Å². The van der Waals surface area contributed by atoms with Crippen molar-refractivity contribution in [3.63, 3.8) is 0 Å². The van der Waals surface area contributed by atoms with E-state index < -0.39 is 0 Å². The monoisotopic (exact) mass is 380 g/mol. The van der Waals surface area contributed by atoms with E-state index in [2.05, 4.69) is 17.1 Å². The molecule has 3 nitrogen and oxygen atoms in total. The van der Waals surface area contributed by atoms with Crippen molar-refractivity contribution in [3.8, 4) is 32.8 Å². The first-order valence-corrected chi connectivity index (χ1v) is 9.90. The van der Waals surface area contributed by atoms with E-state index in [0.29, 0.717) is 5.39 Å². The fourth-order valence-corrected chi connectivity index (χ4v) is 4.19. The number of pyridine rings is 2. The van der Waals surface area contributed by atoms with Crippen LogP contribution in [0.15, 0.2) is 95.2 Å². The molecule has 0 unspecified atom stereocenters. The summed E-state index contributed by atoms with van der Waals surface area (Å²) in [5.41, 5.74) is 5.44. The van der Waals surface area contributed by atoms with E-state index in [1.165, 1.54) is 0 Å². The molecule has 0 atom stereocenters. The summed E-state index contributed by atoms with van der Waals surface area (Å²) in [4.78, 5) is 21.6. The van der Waals surface area contributed by atoms with Gasteiger partial charge < -0.3 is 4.98 Å². The summed E-state index contributed by atoms with van der Waals surface area (Å²) < 4.78 is 0. The zero-order chi connectivity index (χ0) is 18.9. The molecule has 0 aliphatic heterocycles. The number of benzene rings is 2. The van der Waals surface area contributed by atoms with Crippen molar-refractivity contribution < 1.29 is 0 Å². The molecule has 0 amide bonds. The number of rotatable bonds is 3. The van der Waals surface area contributed by atoms with Gasteiger partial charge >= 0.3 is 0 Å². The summed E-state index contributed by atoms with van der Waals surface area (Å²) >= 11 is 1.64. The number of hydrogen-bond donors (Lipinski definition) is 1. The predicted molar refractivity (Wildman–Crippen MR) is 117 cm³/mol. The van der Waals surface area contributed by atoms with E-state index in [4.69, 9.17) is 4.98 Å². The fraction of sp³-hybridized carbons (Fsp3) is 0. The van der Waals surface area contributed by atoms with Crippen LogP contribution in [-0.2, 0) is 0 Å². The second-order valence-corrected chi connectivity index (χ2v) is 7.47. The minimum Gasteiger partial charge on any atom is -0.328 e. The minimum absolute atomic E-state index is 0.125. The molecule has 134 valence electrons. The number of hydrogen-bond acceptors (Lipinski definition) is 3. The SMILES string of the molecule is O=c1[nH]cc(-c2cccs2)c2nc(-c3ccccc3)c(-c3ccccc3)cc12. The highest BCUT2D eigenvalue weighted by atomic mass is 32.1. The van der Waals surface area contributed by atoms with Gasteiger partial charge in [0.15, 0.2) is 0 Å². The second kappa shape index (κ2) is 6.91. The lowest BCUT2D eigenvalue weighted by Gasteiger charge is -2.13. The summed E-state index contributed by atoms with van der Waals surface area (Å²) in [7, 11) is 0. The zero-order valence-electron chi connectivity index (χ0n) is 14.9.